The summed E-state index contributed by atoms with van der Waals surface area (Å²) >= 11 is 7.82. The molecule has 1 aromatic carbocycles. The first-order chi connectivity index (χ1) is 18.2. The monoisotopic (exact) mass is 564 g/mol. The van der Waals surface area contributed by atoms with Gasteiger partial charge in [-0.15, -0.1) is 11.3 Å². The molecule has 38 heavy (non-hydrogen) atoms. The van der Waals surface area contributed by atoms with Crippen LogP contribution in [0.25, 0.3) is 5.57 Å². The molecule has 4 heterocycles. The number of hydrogen-bond donors (Lipinski definition) is 0. The van der Waals surface area contributed by atoms with E-state index in [-0.39, 0.29) is 24.6 Å². The third-order valence-corrected chi connectivity index (χ3v) is 7.42. The summed E-state index contributed by atoms with van der Waals surface area (Å²) in [6.45, 7) is 0.922. The van der Waals surface area contributed by atoms with Crippen LogP contribution in [0.3, 0.4) is 0 Å². The molecule has 0 aliphatic carbocycles. The molecule has 5 rings (SSSR count). The van der Waals surface area contributed by atoms with E-state index in [1.165, 1.54) is 49.0 Å². The van der Waals surface area contributed by atoms with Crippen molar-refractivity contribution >= 4 is 47.2 Å². The van der Waals surface area contributed by atoms with Gasteiger partial charge in [0, 0.05) is 46.1 Å². The topological polar surface area (TPSA) is 94.2 Å². The van der Waals surface area contributed by atoms with Gasteiger partial charge in [0.05, 0.1) is 19.9 Å². The molecule has 0 bridgehead atoms. The van der Waals surface area contributed by atoms with Gasteiger partial charge in [-0.3, -0.25) is 9.98 Å². The lowest BCUT2D eigenvalue weighted by atomic mass is 9.89. The summed E-state index contributed by atoms with van der Waals surface area (Å²) in [7, 11) is 1.19. The Balaban J connectivity index is 1.72. The highest BCUT2D eigenvalue weighted by atomic mass is 35.5. The fourth-order valence-electron chi connectivity index (χ4n) is 4.57. The smallest absolute Gasteiger partial charge is 0.438 e. The molecule has 0 saturated carbocycles. The molecule has 2 aliphatic heterocycles. The van der Waals surface area contributed by atoms with Gasteiger partial charge >= 0.3 is 12.7 Å². The molecule has 14 heteroatoms. The fourth-order valence-corrected chi connectivity index (χ4v) is 5.48. The Hall–Kier alpha value is -3.71. The predicted octanol–water partition coefficient (Wildman–Crippen LogP) is 5.37. The SMILES string of the molecule is C=N[C@]1(COC(=O)OC)CC2=C(c3cnn(C(F)F)c3)[C@H](c3ccc(F)cc3Cl)N=C(c3nccs3)N2C1. The number of alkyl halides is 2. The van der Waals surface area contributed by atoms with Crippen molar-refractivity contribution in [2.45, 2.75) is 24.6 Å². The van der Waals surface area contributed by atoms with Crippen molar-refractivity contribution in [1.82, 2.24) is 19.7 Å². The second kappa shape index (κ2) is 10.2. The normalized spacial score (nSPS) is 20.9. The molecule has 1 fully saturated rings. The molecule has 0 radical (unpaired) electrons. The molecule has 0 N–H and O–H groups in total. The molecule has 2 atom stereocenters. The Labute approximate surface area is 223 Å². The molecule has 2 aromatic heterocycles. The maximum absolute atomic E-state index is 14.0. The molecule has 3 aromatic rings. The number of nitrogens with zero attached hydrogens (tertiary/aromatic N) is 6. The molecule has 1 saturated heterocycles. The summed E-state index contributed by atoms with van der Waals surface area (Å²) in [6.07, 6.45) is 3.49. The van der Waals surface area contributed by atoms with E-state index in [1.54, 1.807) is 11.6 Å². The van der Waals surface area contributed by atoms with Gasteiger partial charge in [-0.25, -0.2) is 18.9 Å². The summed E-state index contributed by atoms with van der Waals surface area (Å²) in [6, 6.07) is 3.12. The number of fused-ring (bicyclic) bond motifs is 1. The van der Waals surface area contributed by atoms with Crippen LogP contribution in [0.5, 0.6) is 0 Å². The van der Waals surface area contributed by atoms with Crippen LogP contribution in [0.4, 0.5) is 18.0 Å². The van der Waals surface area contributed by atoms with Crippen molar-refractivity contribution < 1.29 is 27.4 Å². The lowest BCUT2D eigenvalue weighted by Gasteiger charge is -2.32. The molecule has 0 amide bonds. The number of hydrogen-bond acceptors (Lipinski definition) is 9. The van der Waals surface area contributed by atoms with E-state index in [0.717, 1.165) is 0 Å². The van der Waals surface area contributed by atoms with Gasteiger partial charge in [-0.05, 0) is 24.4 Å². The number of aliphatic imine (C=N–C) groups is 2. The largest absolute Gasteiger partial charge is 0.508 e. The molecular weight excluding hydrogens is 545 g/mol. The number of rotatable bonds is 7. The van der Waals surface area contributed by atoms with E-state index in [4.69, 9.17) is 21.3 Å². The van der Waals surface area contributed by atoms with Gasteiger partial charge in [-0.1, -0.05) is 17.7 Å². The van der Waals surface area contributed by atoms with Crippen molar-refractivity contribution in [2.24, 2.45) is 9.98 Å². The fraction of sp³-hybridized carbons (Fsp3) is 0.292. The van der Waals surface area contributed by atoms with Crippen molar-refractivity contribution in [2.75, 3.05) is 20.3 Å². The van der Waals surface area contributed by atoms with Crippen molar-refractivity contribution in [3.8, 4) is 0 Å². The number of ether oxygens (including phenoxy) is 2. The van der Waals surface area contributed by atoms with Crippen molar-refractivity contribution in [1.29, 1.82) is 0 Å². The quantitative estimate of drug-likeness (QED) is 0.283. The maximum Gasteiger partial charge on any atom is 0.508 e. The van der Waals surface area contributed by atoms with Crippen molar-refractivity contribution in [3.05, 3.63) is 74.8 Å². The van der Waals surface area contributed by atoms with Gasteiger partial charge in [0.15, 0.2) is 10.8 Å². The highest BCUT2D eigenvalue weighted by Crippen LogP contribution is 2.49. The summed E-state index contributed by atoms with van der Waals surface area (Å²) in [5.74, 6) is -0.0512. The van der Waals surface area contributed by atoms with Gasteiger partial charge in [-0.2, -0.15) is 13.9 Å². The summed E-state index contributed by atoms with van der Waals surface area (Å²) in [5, 5.41) is 6.30. The molecular formula is C24H20ClF3N6O3S. The molecule has 0 unspecified atom stereocenters. The van der Waals surface area contributed by atoms with Crippen LogP contribution in [0.2, 0.25) is 5.02 Å². The van der Waals surface area contributed by atoms with Gasteiger partial charge in [0.2, 0.25) is 0 Å². The van der Waals surface area contributed by atoms with Crippen LogP contribution in [-0.2, 0) is 9.47 Å². The minimum atomic E-state index is -2.86. The van der Waals surface area contributed by atoms with Gasteiger partial charge in [0.1, 0.15) is 24.0 Å². The van der Waals surface area contributed by atoms with Crippen LogP contribution >= 0.6 is 22.9 Å². The van der Waals surface area contributed by atoms with Crippen LogP contribution in [-0.4, -0.2) is 64.2 Å². The van der Waals surface area contributed by atoms with Gasteiger partial charge in [0.25, 0.3) is 0 Å². The van der Waals surface area contributed by atoms with E-state index in [2.05, 4.69) is 26.5 Å². The molecule has 2 aliphatic rings. The van der Waals surface area contributed by atoms with Gasteiger partial charge < -0.3 is 14.4 Å². The first-order valence-corrected chi connectivity index (χ1v) is 12.5. The Kier molecular flexibility index (Phi) is 6.97. The minimum Gasteiger partial charge on any atom is -0.438 e. The van der Waals surface area contributed by atoms with E-state index >= 15 is 0 Å². The summed E-state index contributed by atoms with van der Waals surface area (Å²) in [5.41, 5.74) is 1.00. The lowest BCUT2D eigenvalue weighted by Crippen LogP contribution is -2.40. The third-order valence-electron chi connectivity index (χ3n) is 6.32. The molecule has 198 valence electrons. The zero-order chi connectivity index (χ0) is 27.0. The Bertz CT molecular complexity index is 1440. The third kappa shape index (κ3) is 4.67. The highest BCUT2D eigenvalue weighted by Gasteiger charge is 2.48. The average molecular weight is 565 g/mol. The van der Waals surface area contributed by atoms with E-state index < -0.39 is 30.1 Å². The van der Waals surface area contributed by atoms with Crippen LogP contribution in [0.15, 0.2) is 57.9 Å². The number of carbonyl (C=O) groups excluding carboxylic acids is 1. The Morgan fingerprint density at radius 2 is 2.24 bits per heavy atom. The zero-order valence-electron chi connectivity index (χ0n) is 19.9. The average Bonchev–Trinajstić information content (AvgIpc) is 3.67. The highest BCUT2D eigenvalue weighted by molar-refractivity contribution is 7.11. The number of amidine groups is 1. The standard InChI is InChI=1S/C24H20ClF3N6O3S/c1-29-24(12-37-23(35)36-2)8-17-18(13-9-31-34(10-13)22(27)28)19(15-4-3-14(26)7-16(15)25)32-20(33(17)11-24)21-30-5-6-38-21/h3-7,9-10,19,22H,1,8,11-12H2,2H3/t19-,24+/m0/s1. The number of aromatic nitrogens is 3. The first kappa shape index (κ1) is 25.9. The van der Waals surface area contributed by atoms with Crippen LogP contribution in [0, 0.1) is 5.82 Å². The van der Waals surface area contributed by atoms with Crippen LogP contribution in [0.1, 0.15) is 35.1 Å². The van der Waals surface area contributed by atoms with Crippen molar-refractivity contribution in [3.63, 3.8) is 0 Å². The number of methoxy groups -OCH3 is 1. The number of benzene rings is 1. The number of carbonyl (C=O) groups is 1. The predicted molar refractivity (Wildman–Crippen MR) is 135 cm³/mol. The maximum atomic E-state index is 14.0. The lowest BCUT2D eigenvalue weighted by molar-refractivity contribution is 0.0560. The van der Waals surface area contributed by atoms with Crippen LogP contribution < -0.4 is 0 Å². The minimum absolute atomic E-state index is 0.116. The molecule has 0 spiro atoms. The van der Waals surface area contributed by atoms with E-state index in [9.17, 15) is 18.0 Å². The summed E-state index contributed by atoms with van der Waals surface area (Å²) < 4.78 is 51.3. The second-order valence-electron chi connectivity index (χ2n) is 8.59. The van der Waals surface area contributed by atoms with E-state index in [1.807, 2.05) is 4.90 Å². The second-order valence-corrected chi connectivity index (χ2v) is 9.90. The first-order valence-electron chi connectivity index (χ1n) is 11.2. The number of halogens is 4. The Morgan fingerprint density at radius 3 is 2.87 bits per heavy atom. The zero-order valence-corrected chi connectivity index (χ0v) is 21.4. The number of thiazole rings is 1. The Morgan fingerprint density at radius 1 is 1.42 bits per heavy atom. The molecule has 9 nitrogen and oxygen atoms in total. The van der Waals surface area contributed by atoms with E-state index in [0.29, 0.717) is 37.9 Å². The summed E-state index contributed by atoms with van der Waals surface area (Å²) in [4.78, 5) is 27.3.